The largest absolute Gasteiger partial charge is 0.384 e. The summed E-state index contributed by atoms with van der Waals surface area (Å²) in [4.78, 5) is 22.8. The standard InChI is InChI=1S/C35H40N6O/c1-39(2)22-7-6-13-34(42)41(24-28-11-8-10-26-9-4-5-12-30(26)28)29-19-20-32-31(23-29)38-33(40(32)3)21-16-25-14-17-27(18-15-25)35(36)37/h4-5,8-12,14-15,17-20,23H,6-7,13,16,21-22,24H2,1-3H3,(H3,36,37). The van der Waals surface area contributed by atoms with Crippen LogP contribution < -0.4 is 10.6 Å². The molecule has 0 saturated heterocycles. The van der Waals surface area contributed by atoms with Gasteiger partial charge in [0.15, 0.2) is 0 Å². The third-order valence-electron chi connectivity index (χ3n) is 7.93. The maximum Gasteiger partial charge on any atom is 0.227 e. The van der Waals surface area contributed by atoms with Gasteiger partial charge in [-0.15, -0.1) is 0 Å². The monoisotopic (exact) mass is 560 g/mol. The van der Waals surface area contributed by atoms with Crippen molar-refractivity contribution in [2.45, 2.75) is 38.6 Å². The zero-order valence-corrected chi connectivity index (χ0v) is 24.8. The van der Waals surface area contributed by atoms with Crippen LogP contribution in [-0.2, 0) is 31.2 Å². The summed E-state index contributed by atoms with van der Waals surface area (Å²) < 4.78 is 2.14. The Labute approximate surface area is 248 Å². The predicted octanol–water partition coefficient (Wildman–Crippen LogP) is 6.06. The number of nitrogens with two attached hydrogens (primary N) is 1. The number of anilines is 1. The molecule has 4 aromatic carbocycles. The number of rotatable bonds is 12. The second-order valence-electron chi connectivity index (χ2n) is 11.2. The highest BCUT2D eigenvalue weighted by molar-refractivity contribution is 5.96. The molecule has 7 nitrogen and oxygen atoms in total. The number of fused-ring (bicyclic) bond motifs is 2. The number of hydrogen-bond acceptors (Lipinski definition) is 4. The van der Waals surface area contributed by atoms with Crippen LogP contribution in [0.2, 0.25) is 0 Å². The molecule has 42 heavy (non-hydrogen) atoms. The number of nitrogens with one attached hydrogen (secondary N) is 1. The fourth-order valence-corrected chi connectivity index (χ4v) is 5.50. The molecule has 0 atom stereocenters. The number of aryl methyl sites for hydroxylation is 3. The number of carbonyl (C=O) groups excluding carboxylic acids is 1. The molecule has 216 valence electrons. The Hall–Kier alpha value is -4.49. The van der Waals surface area contributed by atoms with Crippen LogP contribution >= 0.6 is 0 Å². The highest BCUT2D eigenvalue weighted by Gasteiger charge is 2.19. The molecule has 0 aliphatic carbocycles. The Morgan fingerprint density at radius 3 is 2.45 bits per heavy atom. The fraction of sp³-hybridized carbons (Fsp3) is 0.286. The van der Waals surface area contributed by atoms with Crippen LogP contribution in [0.1, 0.15) is 41.8 Å². The van der Waals surface area contributed by atoms with Crippen molar-refractivity contribution in [3.05, 3.63) is 107 Å². The minimum absolute atomic E-state index is 0.0780. The smallest absolute Gasteiger partial charge is 0.227 e. The first-order valence-electron chi connectivity index (χ1n) is 14.6. The van der Waals surface area contributed by atoms with Crippen molar-refractivity contribution in [1.82, 2.24) is 14.5 Å². The first kappa shape index (κ1) is 29.0. The van der Waals surface area contributed by atoms with Crippen LogP contribution in [0.25, 0.3) is 21.8 Å². The number of unbranched alkanes of at least 4 members (excludes halogenated alkanes) is 1. The molecule has 1 heterocycles. The highest BCUT2D eigenvalue weighted by Crippen LogP contribution is 2.28. The van der Waals surface area contributed by atoms with Crippen LogP contribution in [-0.4, -0.2) is 46.8 Å². The lowest BCUT2D eigenvalue weighted by Crippen LogP contribution is -2.30. The van der Waals surface area contributed by atoms with Crippen molar-refractivity contribution in [3.8, 4) is 0 Å². The molecule has 0 radical (unpaired) electrons. The third kappa shape index (κ3) is 6.69. The molecule has 0 saturated carbocycles. The van der Waals surface area contributed by atoms with Gasteiger partial charge in [0.05, 0.1) is 17.6 Å². The summed E-state index contributed by atoms with van der Waals surface area (Å²) in [7, 11) is 6.18. The predicted molar refractivity (Wildman–Crippen MR) is 173 cm³/mol. The maximum atomic E-state index is 13.7. The Morgan fingerprint density at radius 1 is 0.929 bits per heavy atom. The average Bonchev–Trinajstić information content (AvgIpc) is 3.31. The Morgan fingerprint density at radius 2 is 1.69 bits per heavy atom. The number of carbonyl (C=O) groups is 1. The van der Waals surface area contributed by atoms with Gasteiger partial charge in [0.1, 0.15) is 11.7 Å². The van der Waals surface area contributed by atoms with Crippen LogP contribution in [0, 0.1) is 5.41 Å². The van der Waals surface area contributed by atoms with Crippen LogP contribution in [0.3, 0.4) is 0 Å². The van der Waals surface area contributed by atoms with Gasteiger partial charge in [0.2, 0.25) is 5.91 Å². The molecule has 5 rings (SSSR count). The lowest BCUT2D eigenvalue weighted by Gasteiger charge is -2.24. The first-order chi connectivity index (χ1) is 20.3. The molecule has 0 fully saturated rings. The molecule has 0 unspecified atom stereocenters. The van der Waals surface area contributed by atoms with Gasteiger partial charge in [-0.25, -0.2) is 4.98 Å². The molecule has 1 aromatic heterocycles. The maximum absolute atomic E-state index is 13.7. The van der Waals surface area contributed by atoms with Crippen molar-refractivity contribution in [3.63, 3.8) is 0 Å². The van der Waals surface area contributed by atoms with E-state index in [-0.39, 0.29) is 11.7 Å². The van der Waals surface area contributed by atoms with Crippen molar-refractivity contribution in [2.24, 2.45) is 12.8 Å². The summed E-state index contributed by atoms with van der Waals surface area (Å²) in [5.41, 5.74) is 11.4. The molecule has 0 aliphatic heterocycles. The van der Waals surface area contributed by atoms with E-state index in [0.717, 1.165) is 65.9 Å². The summed E-state index contributed by atoms with van der Waals surface area (Å²) in [6, 6.07) is 28.7. The fourth-order valence-electron chi connectivity index (χ4n) is 5.50. The van der Waals surface area contributed by atoms with E-state index in [9.17, 15) is 4.79 Å². The van der Waals surface area contributed by atoms with Crippen LogP contribution in [0.15, 0.2) is 84.9 Å². The molecular formula is C35H40N6O. The number of hydrogen-bond donors (Lipinski definition) is 2. The van der Waals surface area contributed by atoms with Crippen molar-refractivity contribution in [1.29, 1.82) is 5.41 Å². The number of benzene rings is 4. The number of nitrogens with zero attached hydrogens (tertiary/aromatic N) is 4. The van der Waals surface area contributed by atoms with Crippen molar-refractivity contribution in [2.75, 3.05) is 25.5 Å². The van der Waals surface area contributed by atoms with E-state index < -0.39 is 0 Å². The number of imidazole rings is 1. The number of amides is 1. The number of aromatic nitrogens is 2. The second kappa shape index (κ2) is 13.0. The van der Waals surface area contributed by atoms with Gasteiger partial charge in [-0.3, -0.25) is 10.2 Å². The molecule has 0 bridgehead atoms. The number of amidine groups is 1. The topological polar surface area (TPSA) is 91.2 Å². The normalized spacial score (nSPS) is 11.4. The summed E-state index contributed by atoms with van der Waals surface area (Å²) in [6.07, 6.45) is 3.96. The quantitative estimate of drug-likeness (QED) is 0.110. The minimum Gasteiger partial charge on any atom is -0.384 e. The summed E-state index contributed by atoms with van der Waals surface area (Å²) in [5, 5.41) is 9.94. The molecule has 0 spiro atoms. The second-order valence-corrected chi connectivity index (χ2v) is 11.2. The Bertz CT molecular complexity index is 1700. The molecule has 1 amide bonds. The average molecular weight is 561 g/mol. The molecule has 5 aromatic rings. The van der Waals surface area contributed by atoms with Gasteiger partial charge in [0, 0.05) is 31.1 Å². The summed E-state index contributed by atoms with van der Waals surface area (Å²) in [6.45, 7) is 1.48. The van der Waals surface area contributed by atoms with Crippen LogP contribution in [0.4, 0.5) is 5.69 Å². The van der Waals surface area contributed by atoms with Gasteiger partial charge >= 0.3 is 0 Å². The zero-order chi connectivity index (χ0) is 29.6. The van der Waals surface area contributed by atoms with E-state index in [4.69, 9.17) is 16.1 Å². The van der Waals surface area contributed by atoms with Gasteiger partial charge in [-0.05, 0) is 80.0 Å². The van der Waals surface area contributed by atoms with Crippen LogP contribution in [0.5, 0.6) is 0 Å². The molecule has 7 heteroatoms. The van der Waals surface area contributed by atoms with Gasteiger partial charge < -0.3 is 20.1 Å². The third-order valence-corrected chi connectivity index (χ3v) is 7.93. The van der Waals surface area contributed by atoms with E-state index in [0.29, 0.717) is 13.0 Å². The molecular weight excluding hydrogens is 520 g/mol. The zero-order valence-electron chi connectivity index (χ0n) is 24.8. The van der Waals surface area contributed by atoms with E-state index in [1.165, 1.54) is 16.3 Å². The van der Waals surface area contributed by atoms with E-state index >= 15 is 0 Å². The highest BCUT2D eigenvalue weighted by atomic mass is 16.2. The molecule has 0 aliphatic rings. The molecule has 3 N–H and O–H groups in total. The van der Waals surface area contributed by atoms with Crippen molar-refractivity contribution < 1.29 is 4.79 Å². The van der Waals surface area contributed by atoms with E-state index in [1.807, 2.05) is 42.3 Å². The lowest BCUT2D eigenvalue weighted by atomic mass is 10.0. The minimum atomic E-state index is 0.0780. The number of nitrogen functional groups attached to an aromatic ring is 1. The van der Waals surface area contributed by atoms with Crippen molar-refractivity contribution >= 4 is 39.2 Å². The van der Waals surface area contributed by atoms with Gasteiger partial charge in [-0.2, -0.15) is 0 Å². The van der Waals surface area contributed by atoms with E-state index in [2.05, 4.69) is 78.2 Å². The SMILES string of the molecule is CN(C)CCCCC(=O)N(Cc1cccc2ccccc12)c1ccc2c(c1)nc(CCc1ccc(C(=N)N)cc1)n2C. The van der Waals surface area contributed by atoms with Gasteiger partial charge in [-0.1, -0.05) is 66.7 Å². The summed E-state index contributed by atoms with van der Waals surface area (Å²) >= 11 is 0. The lowest BCUT2D eigenvalue weighted by molar-refractivity contribution is -0.118. The van der Waals surface area contributed by atoms with Gasteiger partial charge in [0.25, 0.3) is 0 Å². The summed E-state index contributed by atoms with van der Waals surface area (Å²) in [5.74, 6) is 1.20. The first-order valence-corrected chi connectivity index (χ1v) is 14.6. The van der Waals surface area contributed by atoms with E-state index in [1.54, 1.807) is 0 Å². The Kier molecular flexibility index (Phi) is 8.98. The Balaban J connectivity index is 1.40.